The Morgan fingerprint density at radius 3 is 2.21 bits per heavy atom. The fraction of sp³-hybridized carbons (Fsp3) is 0.400. The Kier molecular flexibility index (Phi) is 3.67. The number of imidazole rings is 1. The lowest BCUT2D eigenvalue weighted by Gasteiger charge is -2.17. The van der Waals surface area contributed by atoms with Gasteiger partial charge in [0.15, 0.2) is 0 Å². The maximum Gasteiger partial charge on any atom is 0.114 e. The second kappa shape index (κ2) is 4.84. The van der Waals surface area contributed by atoms with Gasteiger partial charge in [0.1, 0.15) is 5.82 Å². The van der Waals surface area contributed by atoms with Crippen LogP contribution in [-0.2, 0) is 12.5 Å². The Morgan fingerprint density at radius 2 is 1.74 bits per heavy atom. The zero-order chi connectivity index (χ0) is 14.4. The van der Waals surface area contributed by atoms with Crippen LogP contribution in [0.1, 0.15) is 32.3 Å². The van der Waals surface area contributed by atoms with E-state index in [4.69, 9.17) is 28.2 Å². The zero-order valence-corrected chi connectivity index (χ0v) is 13.4. The lowest BCUT2D eigenvalue weighted by atomic mass is 9.96. The molecule has 0 aliphatic rings. The first kappa shape index (κ1) is 14.4. The third-order valence-corrected chi connectivity index (χ3v) is 3.98. The molecule has 2 rings (SSSR count). The molecule has 0 bridgehead atoms. The van der Waals surface area contributed by atoms with Crippen molar-refractivity contribution in [3.05, 3.63) is 39.8 Å². The first-order chi connectivity index (χ1) is 8.71. The van der Waals surface area contributed by atoms with Crippen LogP contribution in [-0.4, -0.2) is 9.55 Å². The van der Waals surface area contributed by atoms with Crippen molar-refractivity contribution in [3.63, 3.8) is 0 Å². The average molecular weight is 297 g/mol. The predicted molar refractivity (Wildman–Crippen MR) is 82.1 cm³/mol. The van der Waals surface area contributed by atoms with E-state index in [0.717, 1.165) is 22.8 Å². The predicted octanol–water partition coefficient (Wildman–Crippen LogP) is 5.00. The normalized spacial score (nSPS) is 11.9. The zero-order valence-electron chi connectivity index (χ0n) is 11.9. The monoisotopic (exact) mass is 296 g/mol. The highest BCUT2D eigenvalue weighted by molar-refractivity contribution is 6.42. The highest BCUT2D eigenvalue weighted by atomic mass is 35.5. The van der Waals surface area contributed by atoms with Gasteiger partial charge in [0, 0.05) is 23.7 Å². The number of rotatable bonds is 1. The molecule has 1 heterocycles. The number of nitrogens with zero attached hydrogens (tertiary/aromatic N) is 2. The molecule has 4 heteroatoms. The molecule has 0 spiro atoms. The number of aromatic nitrogens is 2. The average Bonchev–Trinajstić information content (AvgIpc) is 2.60. The lowest BCUT2D eigenvalue weighted by Crippen LogP contribution is -2.17. The Hall–Kier alpha value is -0.990. The van der Waals surface area contributed by atoms with Crippen LogP contribution in [0.3, 0.4) is 0 Å². The summed E-state index contributed by atoms with van der Waals surface area (Å²) < 4.78 is 2.14. The first-order valence-electron chi connectivity index (χ1n) is 6.21. The van der Waals surface area contributed by atoms with Gasteiger partial charge in [0.2, 0.25) is 0 Å². The molecule has 2 aromatic rings. The molecule has 0 aliphatic carbocycles. The summed E-state index contributed by atoms with van der Waals surface area (Å²) >= 11 is 12.0. The minimum absolute atomic E-state index is 0.00792. The molecule has 0 unspecified atom stereocenters. The van der Waals surface area contributed by atoms with Gasteiger partial charge in [-0.1, -0.05) is 50.0 Å². The Labute approximate surface area is 124 Å². The van der Waals surface area contributed by atoms with E-state index in [-0.39, 0.29) is 5.41 Å². The fourth-order valence-electron chi connectivity index (χ4n) is 2.17. The molecule has 0 radical (unpaired) electrons. The van der Waals surface area contributed by atoms with Crippen molar-refractivity contribution in [3.8, 4) is 11.3 Å². The van der Waals surface area contributed by atoms with Crippen molar-refractivity contribution in [2.75, 3.05) is 0 Å². The number of hydrogen-bond donors (Lipinski definition) is 0. The van der Waals surface area contributed by atoms with Crippen LogP contribution in [0.15, 0.2) is 18.2 Å². The highest BCUT2D eigenvalue weighted by Gasteiger charge is 2.23. The Bertz CT molecular complexity index is 622. The molecule has 0 fully saturated rings. The topological polar surface area (TPSA) is 17.8 Å². The van der Waals surface area contributed by atoms with Gasteiger partial charge in [0.05, 0.1) is 15.7 Å². The summed E-state index contributed by atoms with van der Waals surface area (Å²) in [6.45, 7) is 8.55. The van der Waals surface area contributed by atoms with Crippen molar-refractivity contribution in [1.29, 1.82) is 0 Å². The molecular weight excluding hydrogens is 279 g/mol. The number of benzene rings is 1. The van der Waals surface area contributed by atoms with Crippen LogP contribution in [0.2, 0.25) is 10.0 Å². The Balaban J connectivity index is 2.60. The van der Waals surface area contributed by atoms with E-state index < -0.39 is 0 Å². The molecule has 1 aromatic carbocycles. The lowest BCUT2D eigenvalue weighted by molar-refractivity contribution is 0.520. The van der Waals surface area contributed by atoms with Gasteiger partial charge >= 0.3 is 0 Å². The van der Waals surface area contributed by atoms with Gasteiger partial charge < -0.3 is 4.57 Å². The highest BCUT2D eigenvalue weighted by Crippen LogP contribution is 2.32. The minimum atomic E-state index is 0.00792. The van der Waals surface area contributed by atoms with Crippen molar-refractivity contribution in [2.45, 2.75) is 33.1 Å². The van der Waals surface area contributed by atoms with Crippen LogP contribution in [0.25, 0.3) is 11.3 Å². The molecule has 0 atom stereocenters. The Morgan fingerprint density at radius 1 is 1.11 bits per heavy atom. The van der Waals surface area contributed by atoms with Gasteiger partial charge in [-0.2, -0.15) is 0 Å². The van der Waals surface area contributed by atoms with Gasteiger partial charge in [-0.3, -0.25) is 0 Å². The van der Waals surface area contributed by atoms with Gasteiger partial charge in [-0.25, -0.2) is 4.98 Å². The molecule has 0 aliphatic heterocycles. The smallest absolute Gasteiger partial charge is 0.114 e. The van der Waals surface area contributed by atoms with E-state index in [1.54, 1.807) is 0 Å². The van der Waals surface area contributed by atoms with Crippen molar-refractivity contribution in [2.24, 2.45) is 7.05 Å². The van der Waals surface area contributed by atoms with Crippen LogP contribution < -0.4 is 0 Å². The quantitative estimate of drug-likeness (QED) is 0.724. The fourth-order valence-corrected chi connectivity index (χ4v) is 2.47. The molecule has 0 saturated heterocycles. The maximum absolute atomic E-state index is 6.09. The molecule has 0 amide bonds. The summed E-state index contributed by atoms with van der Waals surface area (Å²) in [5.74, 6) is 1.06. The number of halogens is 2. The first-order valence-corrected chi connectivity index (χ1v) is 6.96. The van der Waals surface area contributed by atoms with Crippen molar-refractivity contribution >= 4 is 23.2 Å². The largest absolute Gasteiger partial charge is 0.334 e. The van der Waals surface area contributed by atoms with Crippen LogP contribution in [0.4, 0.5) is 0 Å². The summed E-state index contributed by atoms with van der Waals surface area (Å²) in [5, 5.41) is 1.12. The van der Waals surface area contributed by atoms with E-state index >= 15 is 0 Å². The third-order valence-electron chi connectivity index (χ3n) is 3.25. The van der Waals surface area contributed by atoms with Crippen LogP contribution >= 0.6 is 23.2 Å². The molecule has 2 nitrogen and oxygen atoms in total. The summed E-state index contributed by atoms with van der Waals surface area (Å²) in [7, 11) is 2.05. The molecule has 19 heavy (non-hydrogen) atoms. The summed E-state index contributed by atoms with van der Waals surface area (Å²) in [6, 6.07) is 5.63. The standard InChI is InChI=1S/C15H18Cl2N2/c1-9-13(10-6-7-11(16)12(17)8-10)18-14(19(9)5)15(2,3)4/h6-8H,1-5H3. The summed E-state index contributed by atoms with van der Waals surface area (Å²) in [4.78, 5) is 4.78. The molecule has 102 valence electrons. The summed E-state index contributed by atoms with van der Waals surface area (Å²) in [5.41, 5.74) is 3.10. The van der Waals surface area contributed by atoms with Crippen molar-refractivity contribution in [1.82, 2.24) is 9.55 Å². The molecule has 0 saturated carbocycles. The van der Waals surface area contributed by atoms with E-state index in [0.29, 0.717) is 10.0 Å². The van der Waals surface area contributed by atoms with Gasteiger partial charge in [-0.15, -0.1) is 0 Å². The molecule has 0 N–H and O–H groups in total. The third kappa shape index (κ3) is 2.65. The van der Waals surface area contributed by atoms with Crippen LogP contribution in [0.5, 0.6) is 0 Å². The molecular formula is C15H18Cl2N2. The van der Waals surface area contributed by atoms with Crippen molar-refractivity contribution < 1.29 is 0 Å². The van der Waals surface area contributed by atoms with E-state index in [9.17, 15) is 0 Å². The minimum Gasteiger partial charge on any atom is -0.334 e. The van der Waals surface area contributed by atoms with Gasteiger partial charge in [0.25, 0.3) is 0 Å². The van der Waals surface area contributed by atoms with E-state index in [2.05, 4.69) is 32.3 Å². The second-order valence-electron chi connectivity index (χ2n) is 5.81. The van der Waals surface area contributed by atoms with E-state index in [1.165, 1.54) is 0 Å². The molecule has 1 aromatic heterocycles. The SMILES string of the molecule is Cc1c(-c2ccc(Cl)c(Cl)c2)nc(C(C)(C)C)n1C. The van der Waals surface area contributed by atoms with Crippen LogP contribution in [0, 0.1) is 6.92 Å². The van der Waals surface area contributed by atoms with Gasteiger partial charge in [-0.05, 0) is 19.1 Å². The summed E-state index contributed by atoms with van der Waals surface area (Å²) in [6.07, 6.45) is 0. The maximum atomic E-state index is 6.09. The second-order valence-corrected chi connectivity index (χ2v) is 6.62. The van der Waals surface area contributed by atoms with E-state index in [1.807, 2.05) is 25.2 Å². The number of hydrogen-bond acceptors (Lipinski definition) is 1.